The van der Waals surface area contributed by atoms with Gasteiger partial charge in [-0.1, -0.05) is 29.2 Å². The van der Waals surface area contributed by atoms with Gasteiger partial charge in [-0.05, 0) is 12.1 Å². The van der Waals surface area contributed by atoms with E-state index in [9.17, 15) is 4.39 Å². The zero-order chi connectivity index (χ0) is 10.7. The Labute approximate surface area is 94.5 Å². The summed E-state index contributed by atoms with van der Waals surface area (Å²) in [6.07, 6.45) is 0. The van der Waals surface area contributed by atoms with Crippen molar-refractivity contribution in [1.82, 2.24) is 10.2 Å². The van der Waals surface area contributed by atoms with Crippen molar-refractivity contribution in [2.45, 2.75) is 15.8 Å². The Hall–Kier alpha value is -0.980. The van der Waals surface area contributed by atoms with Crippen LogP contribution in [0, 0.1) is 5.82 Å². The molecule has 0 radical (unpaired) electrons. The highest BCUT2D eigenvalue weighted by molar-refractivity contribution is 8.01. The normalized spacial score (nSPS) is 10.5. The summed E-state index contributed by atoms with van der Waals surface area (Å²) in [7, 11) is 0. The minimum absolute atomic E-state index is 0.188. The molecule has 1 aromatic heterocycles. The molecule has 0 unspecified atom stereocenters. The van der Waals surface area contributed by atoms with Crippen LogP contribution in [0.1, 0.15) is 5.56 Å². The van der Waals surface area contributed by atoms with Gasteiger partial charge in [0.2, 0.25) is 0 Å². The summed E-state index contributed by atoms with van der Waals surface area (Å²) >= 11 is 2.80. The fourth-order valence-corrected chi connectivity index (χ4v) is 2.73. The summed E-state index contributed by atoms with van der Waals surface area (Å²) < 4.78 is 14.1. The molecule has 6 heteroatoms. The average molecular weight is 241 g/mol. The molecule has 78 valence electrons. The third-order valence-electron chi connectivity index (χ3n) is 1.82. The van der Waals surface area contributed by atoms with Gasteiger partial charge in [0.1, 0.15) is 11.3 Å². The van der Waals surface area contributed by atoms with E-state index in [2.05, 4.69) is 10.2 Å². The van der Waals surface area contributed by atoms with Crippen molar-refractivity contribution >= 4 is 23.1 Å². The van der Waals surface area contributed by atoms with Crippen LogP contribution in [0.25, 0.3) is 0 Å². The van der Waals surface area contributed by atoms with Crippen LogP contribution >= 0.6 is 23.1 Å². The number of hydrogen-bond donors (Lipinski definition) is 1. The molecule has 0 saturated heterocycles. The molecule has 2 N–H and O–H groups in total. The highest BCUT2D eigenvalue weighted by Crippen LogP contribution is 2.31. The first-order valence-corrected chi connectivity index (χ1v) is 5.92. The molecule has 0 aliphatic rings. The van der Waals surface area contributed by atoms with Gasteiger partial charge in [0.25, 0.3) is 0 Å². The number of nitrogens with zero attached hydrogens (tertiary/aromatic N) is 2. The maximum Gasteiger partial charge on any atom is 0.178 e. The summed E-state index contributed by atoms with van der Waals surface area (Å²) in [5.41, 5.74) is 7.66. The quantitative estimate of drug-likeness (QED) is 0.895. The second-order valence-corrected chi connectivity index (χ2v) is 4.85. The zero-order valence-electron chi connectivity index (χ0n) is 7.68. The predicted octanol–water partition coefficient (Wildman–Crippen LogP) is 2.29. The SMILES string of the molecule is NCc1c(F)cccc1Sc1nncs1. The summed E-state index contributed by atoms with van der Waals surface area (Å²) in [6.45, 7) is 0.188. The third-order valence-corrected chi connectivity index (χ3v) is 3.70. The molecule has 0 aliphatic carbocycles. The number of benzene rings is 1. The van der Waals surface area contributed by atoms with E-state index in [-0.39, 0.29) is 12.4 Å². The van der Waals surface area contributed by atoms with Gasteiger partial charge >= 0.3 is 0 Å². The van der Waals surface area contributed by atoms with Crippen LogP contribution in [0.15, 0.2) is 32.9 Å². The van der Waals surface area contributed by atoms with E-state index in [1.807, 2.05) is 6.07 Å². The van der Waals surface area contributed by atoms with E-state index in [0.29, 0.717) is 5.56 Å². The van der Waals surface area contributed by atoms with Gasteiger partial charge in [-0.25, -0.2) is 4.39 Å². The maximum atomic E-state index is 13.4. The van der Waals surface area contributed by atoms with Gasteiger partial charge in [-0.15, -0.1) is 10.2 Å². The largest absolute Gasteiger partial charge is 0.326 e. The number of halogens is 1. The first-order chi connectivity index (χ1) is 7.31. The van der Waals surface area contributed by atoms with Gasteiger partial charge in [-0.2, -0.15) is 0 Å². The first kappa shape index (κ1) is 10.5. The predicted molar refractivity (Wildman–Crippen MR) is 58.3 cm³/mol. The summed E-state index contributed by atoms with van der Waals surface area (Å²) in [5, 5.41) is 7.60. The topological polar surface area (TPSA) is 51.8 Å². The van der Waals surface area contributed by atoms with Crippen molar-refractivity contribution in [2.24, 2.45) is 5.73 Å². The van der Waals surface area contributed by atoms with Crippen molar-refractivity contribution in [1.29, 1.82) is 0 Å². The molecule has 0 amide bonds. The van der Waals surface area contributed by atoms with Gasteiger partial charge in [0.05, 0.1) is 0 Å². The molecule has 15 heavy (non-hydrogen) atoms. The lowest BCUT2D eigenvalue weighted by atomic mass is 10.2. The minimum Gasteiger partial charge on any atom is -0.326 e. The van der Waals surface area contributed by atoms with Crippen LogP contribution in [0.5, 0.6) is 0 Å². The Morgan fingerprint density at radius 3 is 3.00 bits per heavy atom. The fourth-order valence-electron chi connectivity index (χ4n) is 1.13. The van der Waals surface area contributed by atoms with Crippen molar-refractivity contribution in [3.05, 3.63) is 35.1 Å². The zero-order valence-corrected chi connectivity index (χ0v) is 9.32. The molecule has 3 nitrogen and oxygen atoms in total. The lowest BCUT2D eigenvalue weighted by Crippen LogP contribution is -2.01. The number of aromatic nitrogens is 2. The number of rotatable bonds is 3. The lowest BCUT2D eigenvalue weighted by Gasteiger charge is -2.05. The third kappa shape index (κ3) is 2.34. The van der Waals surface area contributed by atoms with E-state index < -0.39 is 0 Å². The van der Waals surface area contributed by atoms with Gasteiger partial charge in [-0.3, -0.25) is 0 Å². The van der Waals surface area contributed by atoms with Crippen molar-refractivity contribution < 1.29 is 4.39 Å². The van der Waals surface area contributed by atoms with Crippen LogP contribution in [-0.4, -0.2) is 10.2 Å². The van der Waals surface area contributed by atoms with Crippen molar-refractivity contribution in [3.8, 4) is 0 Å². The number of nitrogens with two attached hydrogens (primary N) is 1. The van der Waals surface area contributed by atoms with E-state index in [1.165, 1.54) is 29.2 Å². The molecule has 0 aliphatic heterocycles. The highest BCUT2D eigenvalue weighted by atomic mass is 32.2. The Balaban J connectivity index is 2.32. The highest BCUT2D eigenvalue weighted by Gasteiger charge is 2.09. The molecule has 2 rings (SSSR count). The summed E-state index contributed by atoms with van der Waals surface area (Å²) in [4.78, 5) is 0.800. The molecule has 0 atom stereocenters. The molecule has 1 aromatic carbocycles. The van der Waals surface area contributed by atoms with Crippen LogP contribution < -0.4 is 5.73 Å². The Morgan fingerprint density at radius 2 is 2.33 bits per heavy atom. The lowest BCUT2D eigenvalue weighted by molar-refractivity contribution is 0.604. The van der Waals surface area contributed by atoms with Crippen LogP contribution in [-0.2, 0) is 6.54 Å². The van der Waals surface area contributed by atoms with Crippen molar-refractivity contribution in [2.75, 3.05) is 0 Å². The molecule has 1 heterocycles. The smallest absolute Gasteiger partial charge is 0.178 e. The summed E-state index contributed by atoms with van der Waals surface area (Å²) in [6, 6.07) is 4.90. The second kappa shape index (κ2) is 4.69. The van der Waals surface area contributed by atoms with Crippen LogP contribution in [0.2, 0.25) is 0 Å². The van der Waals surface area contributed by atoms with Gasteiger partial charge in [0.15, 0.2) is 4.34 Å². The van der Waals surface area contributed by atoms with E-state index in [1.54, 1.807) is 11.6 Å². The molecule has 0 saturated carbocycles. The second-order valence-electron chi connectivity index (χ2n) is 2.73. The molecule has 0 spiro atoms. The van der Waals surface area contributed by atoms with E-state index >= 15 is 0 Å². The van der Waals surface area contributed by atoms with E-state index in [4.69, 9.17) is 5.73 Å². The minimum atomic E-state index is -0.271. The molecule has 0 bridgehead atoms. The Morgan fingerprint density at radius 1 is 1.47 bits per heavy atom. The van der Waals surface area contributed by atoms with Crippen LogP contribution in [0.3, 0.4) is 0 Å². The van der Waals surface area contributed by atoms with Crippen LogP contribution in [0.4, 0.5) is 4.39 Å². The molecule has 0 fully saturated rings. The number of hydrogen-bond acceptors (Lipinski definition) is 5. The monoisotopic (exact) mass is 241 g/mol. The van der Waals surface area contributed by atoms with E-state index in [0.717, 1.165) is 9.24 Å². The maximum absolute atomic E-state index is 13.4. The Kier molecular flexibility index (Phi) is 3.30. The van der Waals surface area contributed by atoms with Gasteiger partial charge in [0, 0.05) is 17.0 Å². The molecular formula is C9H8FN3S2. The average Bonchev–Trinajstić information content (AvgIpc) is 2.71. The standard InChI is InChI=1S/C9H8FN3S2/c10-7-2-1-3-8(6(7)4-11)15-9-13-12-5-14-9/h1-3,5H,4,11H2. The fraction of sp³-hybridized carbons (Fsp3) is 0.111. The molecular weight excluding hydrogens is 233 g/mol. The summed E-state index contributed by atoms with van der Waals surface area (Å²) in [5.74, 6) is -0.271. The Bertz CT molecular complexity index is 445. The first-order valence-electron chi connectivity index (χ1n) is 4.22. The van der Waals surface area contributed by atoms with Crippen molar-refractivity contribution in [3.63, 3.8) is 0 Å². The molecule has 2 aromatic rings. The van der Waals surface area contributed by atoms with Gasteiger partial charge < -0.3 is 5.73 Å².